The normalized spacial score (nSPS) is 11.5. The lowest BCUT2D eigenvalue weighted by atomic mass is 9.75. The molecule has 0 aromatic heterocycles. The van der Waals surface area contributed by atoms with Crippen LogP contribution >= 0.6 is 0 Å². The molecule has 0 aliphatic rings. The molecular formula is C12H21F3O2. The first-order valence-electron chi connectivity index (χ1n) is 5.97. The van der Waals surface area contributed by atoms with Crippen LogP contribution in [-0.4, -0.2) is 32.6 Å². The third-order valence-electron chi connectivity index (χ3n) is 3.04. The maximum Gasteiger partial charge on any atom is 0.305 e. The van der Waals surface area contributed by atoms with Crippen LogP contribution < -0.4 is 0 Å². The van der Waals surface area contributed by atoms with Crippen LogP contribution in [0.25, 0.3) is 0 Å². The van der Waals surface area contributed by atoms with Gasteiger partial charge in [0.1, 0.15) is 0 Å². The van der Waals surface area contributed by atoms with Crippen molar-refractivity contribution < 1.29 is 22.7 Å². The predicted molar refractivity (Wildman–Crippen MR) is 60.1 cm³/mol. The number of hydrogen-bond acceptors (Lipinski definition) is 2. The van der Waals surface area contributed by atoms with Gasteiger partial charge in [0.15, 0.2) is 0 Å². The first-order valence-corrected chi connectivity index (χ1v) is 5.97. The van der Waals surface area contributed by atoms with Crippen molar-refractivity contribution in [2.75, 3.05) is 26.6 Å². The van der Waals surface area contributed by atoms with Crippen LogP contribution in [0.4, 0.5) is 13.2 Å². The van der Waals surface area contributed by atoms with E-state index in [1.54, 1.807) is 6.92 Å². The van der Waals surface area contributed by atoms with Gasteiger partial charge in [-0.25, -0.2) is 0 Å². The van der Waals surface area contributed by atoms with E-state index >= 15 is 0 Å². The molecule has 0 saturated carbocycles. The van der Waals surface area contributed by atoms with Crippen molar-refractivity contribution in [1.29, 1.82) is 0 Å². The molecule has 0 rings (SSSR count). The van der Waals surface area contributed by atoms with Gasteiger partial charge in [-0.1, -0.05) is 0 Å². The first-order chi connectivity index (χ1) is 8.14. The number of rotatable bonds is 10. The summed E-state index contributed by atoms with van der Waals surface area (Å²) in [4.78, 5) is 11.2. The zero-order chi connectivity index (χ0) is 13.1. The number of carbonyl (C=O) groups is 1. The van der Waals surface area contributed by atoms with Crippen molar-refractivity contribution in [1.82, 2.24) is 0 Å². The molecule has 5 heteroatoms. The Kier molecular flexibility index (Phi) is 8.90. The number of carbonyl (C=O) groups excluding carboxylic acids is 1. The van der Waals surface area contributed by atoms with Crippen LogP contribution in [0, 0.1) is 5.41 Å². The number of esters is 1. The van der Waals surface area contributed by atoms with E-state index in [4.69, 9.17) is 4.74 Å². The molecule has 0 heterocycles. The third kappa shape index (κ3) is 6.54. The van der Waals surface area contributed by atoms with Crippen LogP contribution in [0.15, 0.2) is 0 Å². The van der Waals surface area contributed by atoms with Crippen LogP contribution in [0.3, 0.4) is 0 Å². The van der Waals surface area contributed by atoms with Gasteiger partial charge < -0.3 is 4.74 Å². The molecule has 0 fully saturated rings. The molecule has 2 nitrogen and oxygen atoms in total. The number of alkyl halides is 3. The van der Waals surface area contributed by atoms with Crippen molar-refractivity contribution in [3.05, 3.63) is 0 Å². The summed E-state index contributed by atoms with van der Waals surface area (Å²) in [7, 11) is 0. The maximum absolute atomic E-state index is 12.4. The van der Waals surface area contributed by atoms with Crippen molar-refractivity contribution >= 4 is 5.97 Å². The van der Waals surface area contributed by atoms with E-state index in [0.717, 1.165) is 0 Å². The van der Waals surface area contributed by atoms with Crippen molar-refractivity contribution in [3.8, 4) is 0 Å². The zero-order valence-electron chi connectivity index (χ0n) is 10.3. The summed E-state index contributed by atoms with van der Waals surface area (Å²) in [6, 6.07) is 0. The largest absolute Gasteiger partial charge is 0.466 e. The molecule has 17 heavy (non-hydrogen) atoms. The molecule has 0 unspecified atom stereocenters. The number of hydrogen-bond donors (Lipinski definition) is 0. The molecule has 0 saturated heterocycles. The third-order valence-corrected chi connectivity index (χ3v) is 3.04. The van der Waals surface area contributed by atoms with Crippen LogP contribution in [0.2, 0.25) is 0 Å². The first kappa shape index (κ1) is 16.3. The minimum absolute atomic E-state index is 0.0911. The molecule has 0 atom stereocenters. The van der Waals surface area contributed by atoms with Gasteiger partial charge in [0, 0.05) is 6.42 Å². The fraction of sp³-hybridized carbons (Fsp3) is 0.917. The van der Waals surface area contributed by atoms with Gasteiger partial charge in [-0.05, 0) is 38.0 Å². The van der Waals surface area contributed by atoms with E-state index in [-0.39, 0.29) is 38.7 Å². The highest BCUT2D eigenvalue weighted by atomic mass is 19.1. The van der Waals surface area contributed by atoms with Crippen molar-refractivity contribution in [2.24, 2.45) is 5.41 Å². The van der Waals surface area contributed by atoms with Crippen LogP contribution in [0.1, 0.15) is 39.0 Å². The summed E-state index contributed by atoms with van der Waals surface area (Å²) in [5.41, 5.74) is -0.745. The van der Waals surface area contributed by atoms with E-state index in [0.29, 0.717) is 0 Å². The van der Waals surface area contributed by atoms with E-state index in [1.165, 1.54) is 0 Å². The summed E-state index contributed by atoms with van der Waals surface area (Å²) < 4.78 is 42.1. The Morgan fingerprint density at radius 3 is 1.82 bits per heavy atom. The standard InChI is InChI=1S/C12H21F3O2/c1-2-17-11(16)3-4-12(5-8-13,6-9-14)7-10-15/h2-10H2,1H3. The molecule has 0 aromatic rings. The second-order valence-corrected chi connectivity index (χ2v) is 4.12. The average Bonchev–Trinajstić information content (AvgIpc) is 2.28. The van der Waals surface area contributed by atoms with Gasteiger partial charge in [-0.15, -0.1) is 0 Å². The number of halogens is 3. The lowest BCUT2D eigenvalue weighted by molar-refractivity contribution is -0.144. The van der Waals surface area contributed by atoms with E-state index < -0.39 is 31.4 Å². The smallest absolute Gasteiger partial charge is 0.305 e. The van der Waals surface area contributed by atoms with Gasteiger partial charge in [0.2, 0.25) is 0 Å². The summed E-state index contributed by atoms with van der Waals surface area (Å²) in [6.07, 6.45) is 0.665. The molecule has 0 amide bonds. The minimum atomic E-state index is -0.745. The highest BCUT2D eigenvalue weighted by Gasteiger charge is 2.30. The lowest BCUT2D eigenvalue weighted by Crippen LogP contribution is -2.25. The number of ether oxygens (including phenoxy) is 1. The molecule has 0 aliphatic heterocycles. The van der Waals surface area contributed by atoms with Crippen molar-refractivity contribution in [2.45, 2.75) is 39.0 Å². The lowest BCUT2D eigenvalue weighted by Gasteiger charge is -2.31. The molecule has 0 N–H and O–H groups in total. The summed E-state index contributed by atoms with van der Waals surface area (Å²) in [5, 5.41) is 0. The Morgan fingerprint density at radius 2 is 1.47 bits per heavy atom. The average molecular weight is 254 g/mol. The molecule has 0 aliphatic carbocycles. The highest BCUT2D eigenvalue weighted by molar-refractivity contribution is 5.69. The molecular weight excluding hydrogens is 233 g/mol. The second-order valence-electron chi connectivity index (χ2n) is 4.12. The molecule has 0 bridgehead atoms. The predicted octanol–water partition coefficient (Wildman–Crippen LogP) is 3.39. The minimum Gasteiger partial charge on any atom is -0.466 e. The SMILES string of the molecule is CCOC(=O)CCC(CCF)(CCF)CCF. The Hall–Kier alpha value is -0.740. The Labute approximate surface area is 101 Å². The van der Waals surface area contributed by atoms with E-state index in [9.17, 15) is 18.0 Å². The zero-order valence-corrected chi connectivity index (χ0v) is 10.3. The van der Waals surface area contributed by atoms with Gasteiger partial charge in [-0.2, -0.15) is 0 Å². The van der Waals surface area contributed by atoms with Gasteiger partial charge in [0.05, 0.1) is 26.6 Å². The van der Waals surface area contributed by atoms with Crippen molar-refractivity contribution in [3.63, 3.8) is 0 Å². The fourth-order valence-electron chi connectivity index (χ4n) is 1.95. The van der Waals surface area contributed by atoms with E-state index in [2.05, 4.69) is 0 Å². The van der Waals surface area contributed by atoms with Crippen LogP contribution in [-0.2, 0) is 9.53 Å². The molecule has 0 aromatic carbocycles. The van der Waals surface area contributed by atoms with Gasteiger partial charge in [0.25, 0.3) is 0 Å². The Balaban J connectivity index is 4.37. The quantitative estimate of drug-likeness (QED) is 0.558. The highest BCUT2D eigenvalue weighted by Crippen LogP contribution is 2.36. The molecule has 0 radical (unpaired) electrons. The van der Waals surface area contributed by atoms with E-state index in [1.807, 2.05) is 0 Å². The monoisotopic (exact) mass is 254 g/mol. The fourth-order valence-corrected chi connectivity index (χ4v) is 1.95. The molecule has 102 valence electrons. The van der Waals surface area contributed by atoms with Crippen LogP contribution in [0.5, 0.6) is 0 Å². The van der Waals surface area contributed by atoms with Gasteiger partial charge >= 0.3 is 5.97 Å². The summed E-state index contributed by atoms with van der Waals surface area (Å²) in [6.45, 7) is 0.103. The molecule has 0 spiro atoms. The van der Waals surface area contributed by atoms with Gasteiger partial charge in [-0.3, -0.25) is 18.0 Å². The second kappa shape index (κ2) is 9.31. The maximum atomic E-state index is 12.4. The summed E-state index contributed by atoms with van der Waals surface area (Å²) in [5.74, 6) is -0.395. The Morgan fingerprint density at radius 1 is 1.00 bits per heavy atom. The summed E-state index contributed by atoms with van der Waals surface area (Å²) >= 11 is 0. The Bertz CT molecular complexity index is 193. The topological polar surface area (TPSA) is 26.3 Å².